The number of hydrogen-bond acceptors (Lipinski definition) is 3. The van der Waals surface area contributed by atoms with E-state index in [2.05, 4.69) is 11.9 Å². The van der Waals surface area contributed by atoms with Gasteiger partial charge in [-0.3, -0.25) is 4.79 Å². The Morgan fingerprint density at radius 2 is 2.00 bits per heavy atom. The van der Waals surface area contributed by atoms with Crippen LogP contribution in [-0.4, -0.2) is 41.9 Å². The largest absolute Gasteiger partial charge is 0.398 e. The summed E-state index contributed by atoms with van der Waals surface area (Å²) in [4.78, 5) is 16.8. The number of fused-ring (bicyclic) bond motifs is 1. The Morgan fingerprint density at radius 1 is 1.28 bits per heavy atom. The molecule has 1 fully saturated rings. The first-order valence-corrected chi connectivity index (χ1v) is 6.53. The predicted molar refractivity (Wildman–Crippen MR) is 71.2 cm³/mol. The molecule has 96 valence electrons. The average Bonchev–Trinajstić information content (AvgIpc) is 2.69. The summed E-state index contributed by atoms with van der Waals surface area (Å²) in [5.74, 6) is 0.123. The molecule has 2 aliphatic heterocycles. The summed E-state index contributed by atoms with van der Waals surface area (Å²) in [6.45, 7) is 2.87. The fraction of sp³-hybridized carbons (Fsp3) is 0.500. The highest BCUT2D eigenvalue weighted by Gasteiger charge is 2.34. The van der Waals surface area contributed by atoms with Crippen LogP contribution in [0.5, 0.6) is 0 Å². The summed E-state index contributed by atoms with van der Waals surface area (Å²) in [6.07, 6.45) is 2.13. The molecule has 2 aliphatic rings. The van der Waals surface area contributed by atoms with Gasteiger partial charge in [0.15, 0.2) is 0 Å². The van der Waals surface area contributed by atoms with Gasteiger partial charge in [0.25, 0.3) is 5.91 Å². The third-order valence-electron chi connectivity index (χ3n) is 4.13. The van der Waals surface area contributed by atoms with Crippen LogP contribution in [0.15, 0.2) is 18.2 Å². The fourth-order valence-corrected chi connectivity index (χ4v) is 3.01. The van der Waals surface area contributed by atoms with Gasteiger partial charge in [-0.2, -0.15) is 0 Å². The van der Waals surface area contributed by atoms with Crippen LogP contribution in [0, 0.1) is 0 Å². The van der Waals surface area contributed by atoms with Gasteiger partial charge in [-0.25, -0.2) is 0 Å². The number of benzene rings is 1. The number of nitrogen functional groups attached to an aromatic ring is 1. The normalized spacial score (nSPS) is 21.4. The second-order valence-corrected chi connectivity index (χ2v) is 5.35. The van der Waals surface area contributed by atoms with E-state index in [0.717, 1.165) is 43.6 Å². The number of amides is 1. The number of piperidine rings is 1. The van der Waals surface area contributed by atoms with Crippen LogP contribution in [0.2, 0.25) is 0 Å². The van der Waals surface area contributed by atoms with E-state index in [4.69, 9.17) is 5.73 Å². The molecule has 4 nitrogen and oxygen atoms in total. The van der Waals surface area contributed by atoms with E-state index in [1.54, 1.807) is 0 Å². The second kappa shape index (κ2) is 4.28. The number of nitrogens with zero attached hydrogens (tertiary/aromatic N) is 2. The summed E-state index contributed by atoms with van der Waals surface area (Å²) in [5, 5.41) is 0. The molecule has 0 aliphatic carbocycles. The van der Waals surface area contributed by atoms with Gasteiger partial charge >= 0.3 is 0 Å². The first-order chi connectivity index (χ1) is 8.66. The zero-order chi connectivity index (χ0) is 12.7. The molecule has 0 bridgehead atoms. The average molecular weight is 245 g/mol. The Kier molecular flexibility index (Phi) is 2.74. The van der Waals surface area contributed by atoms with Gasteiger partial charge in [0.2, 0.25) is 0 Å². The number of carbonyl (C=O) groups is 1. The number of anilines is 1. The third-order valence-corrected chi connectivity index (χ3v) is 4.13. The summed E-state index contributed by atoms with van der Waals surface area (Å²) in [5.41, 5.74) is 8.35. The molecule has 4 heteroatoms. The Balaban J connectivity index is 1.82. The molecule has 0 saturated carbocycles. The topological polar surface area (TPSA) is 49.6 Å². The Bertz CT molecular complexity index is 478. The minimum Gasteiger partial charge on any atom is -0.398 e. The predicted octanol–water partition coefficient (Wildman–Crippen LogP) is 1.32. The zero-order valence-electron chi connectivity index (χ0n) is 10.7. The van der Waals surface area contributed by atoms with Crippen LogP contribution in [0.3, 0.4) is 0 Å². The third kappa shape index (κ3) is 1.77. The van der Waals surface area contributed by atoms with Crippen molar-refractivity contribution in [1.29, 1.82) is 0 Å². The second-order valence-electron chi connectivity index (χ2n) is 5.35. The molecule has 1 saturated heterocycles. The Hall–Kier alpha value is -1.55. The van der Waals surface area contributed by atoms with E-state index < -0.39 is 0 Å². The van der Waals surface area contributed by atoms with E-state index >= 15 is 0 Å². The van der Waals surface area contributed by atoms with E-state index in [-0.39, 0.29) is 5.91 Å². The van der Waals surface area contributed by atoms with Crippen molar-refractivity contribution in [2.45, 2.75) is 25.4 Å². The molecule has 0 unspecified atom stereocenters. The van der Waals surface area contributed by atoms with Crippen LogP contribution in [0.4, 0.5) is 5.69 Å². The van der Waals surface area contributed by atoms with Crippen molar-refractivity contribution >= 4 is 11.6 Å². The lowest BCUT2D eigenvalue weighted by molar-refractivity contribution is 0.0617. The maximum absolute atomic E-state index is 12.4. The molecule has 1 amide bonds. The highest BCUT2D eigenvalue weighted by atomic mass is 16.2. The van der Waals surface area contributed by atoms with Gasteiger partial charge in [0, 0.05) is 18.3 Å². The SMILES string of the molecule is CN1CCC(N2Cc3cccc(N)c3C2=O)CC1. The molecule has 1 aromatic carbocycles. The van der Waals surface area contributed by atoms with Gasteiger partial charge in [-0.1, -0.05) is 12.1 Å². The molecule has 2 heterocycles. The number of hydrogen-bond donors (Lipinski definition) is 1. The van der Waals surface area contributed by atoms with Crippen LogP contribution in [-0.2, 0) is 6.54 Å². The molecule has 0 radical (unpaired) electrons. The summed E-state index contributed by atoms with van der Waals surface area (Å²) in [6, 6.07) is 6.13. The Labute approximate surface area is 107 Å². The maximum atomic E-state index is 12.4. The minimum atomic E-state index is 0.123. The van der Waals surface area contributed by atoms with E-state index in [0.29, 0.717) is 11.7 Å². The van der Waals surface area contributed by atoms with E-state index in [1.807, 2.05) is 23.1 Å². The van der Waals surface area contributed by atoms with Crippen molar-refractivity contribution in [3.8, 4) is 0 Å². The lowest BCUT2D eigenvalue weighted by Gasteiger charge is -2.34. The lowest BCUT2D eigenvalue weighted by atomic mass is 10.0. The summed E-state index contributed by atoms with van der Waals surface area (Å²) >= 11 is 0. The monoisotopic (exact) mass is 245 g/mol. The van der Waals surface area contributed by atoms with Crippen molar-refractivity contribution in [2.24, 2.45) is 0 Å². The van der Waals surface area contributed by atoms with Crippen molar-refractivity contribution in [1.82, 2.24) is 9.80 Å². The summed E-state index contributed by atoms with van der Waals surface area (Å²) < 4.78 is 0. The van der Waals surface area contributed by atoms with Gasteiger partial charge in [-0.05, 0) is 44.6 Å². The molecule has 0 atom stereocenters. The van der Waals surface area contributed by atoms with Gasteiger partial charge < -0.3 is 15.5 Å². The number of likely N-dealkylation sites (tertiary alicyclic amines) is 1. The minimum absolute atomic E-state index is 0.123. The molecule has 3 rings (SSSR count). The molecule has 0 spiro atoms. The molecule has 18 heavy (non-hydrogen) atoms. The zero-order valence-corrected chi connectivity index (χ0v) is 10.7. The standard InChI is InChI=1S/C14H19N3O/c1-16-7-5-11(6-8-16)17-9-10-3-2-4-12(15)13(10)14(17)18/h2-4,11H,5-9,15H2,1H3. The smallest absolute Gasteiger partial charge is 0.256 e. The molecule has 1 aromatic rings. The van der Waals surface area contributed by atoms with Crippen molar-refractivity contribution in [2.75, 3.05) is 25.9 Å². The number of rotatable bonds is 1. The number of carbonyl (C=O) groups excluding carboxylic acids is 1. The molecular formula is C14H19N3O. The van der Waals surface area contributed by atoms with Gasteiger partial charge in [0.1, 0.15) is 0 Å². The maximum Gasteiger partial charge on any atom is 0.256 e. The number of nitrogens with two attached hydrogens (primary N) is 1. The lowest BCUT2D eigenvalue weighted by Crippen LogP contribution is -2.43. The van der Waals surface area contributed by atoms with Gasteiger partial charge in [-0.15, -0.1) is 0 Å². The van der Waals surface area contributed by atoms with Gasteiger partial charge in [0.05, 0.1) is 5.56 Å². The fourth-order valence-electron chi connectivity index (χ4n) is 3.01. The quantitative estimate of drug-likeness (QED) is 0.759. The molecular weight excluding hydrogens is 226 g/mol. The van der Waals surface area contributed by atoms with Crippen LogP contribution < -0.4 is 5.73 Å². The van der Waals surface area contributed by atoms with Crippen LogP contribution >= 0.6 is 0 Å². The van der Waals surface area contributed by atoms with Crippen LogP contribution in [0.25, 0.3) is 0 Å². The molecule has 2 N–H and O–H groups in total. The van der Waals surface area contributed by atoms with Crippen LogP contribution in [0.1, 0.15) is 28.8 Å². The highest BCUT2D eigenvalue weighted by molar-refractivity contribution is 6.03. The van der Waals surface area contributed by atoms with Crippen molar-refractivity contribution < 1.29 is 4.79 Å². The summed E-state index contributed by atoms with van der Waals surface area (Å²) in [7, 11) is 2.13. The highest BCUT2D eigenvalue weighted by Crippen LogP contribution is 2.31. The van der Waals surface area contributed by atoms with E-state index in [9.17, 15) is 4.79 Å². The van der Waals surface area contributed by atoms with Crippen molar-refractivity contribution in [3.63, 3.8) is 0 Å². The molecule has 0 aromatic heterocycles. The Morgan fingerprint density at radius 3 is 2.67 bits per heavy atom. The first kappa shape index (κ1) is 11.5. The van der Waals surface area contributed by atoms with Crippen molar-refractivity contribution in [3.05, 3.63) is 29.3 Å². The van der Waals surface area contributed by atoms with E-state index in [1.165, 1.54) is 0 Å². The first-order valence-electron chi connectivity index (χ1n) is 6.53.